The first-order valence-corrected chi connectivity index (χ1v) is 9.16. The average Bonchev–Trinajstić information content (AvgIpc) is 3.00. The fourth-order valence-electron chi connectivity index (χ4n) is 1.98. The third kappa shape index (κ3) is 8.77. The summed E-state index contributed by atoms with van der Waals surface area (Å²) in [7, 11) is 1.77. The lowest BCUT2D eigenvalue weighted by molar-refractivity contribution is 0.372. The Balaban J connectivity index is 0.00000312. The van der Waals surface area contributed by atoms with Crippen molar-refractivity contribution in [1.82, 2.24) is 20.8 Å². The number of hydrogen-bond acceptors (Lipinski definition) is 5. The van der Waals surface area contributed by atoms with Crippen molar-refractivity contribution >= 4 is 53.3 Å². The molecule has 0 saturated carbocycles. The predicted molar refractivity (Wildman–Crippen MR) is 114 cm³/mol. The van der Waals surface area contributed by atoms with Gasteiger partial charge in [0.2, 0.25) is 5.89 Å². The molecule has 1 aromatic carbocycles. The quantitative estimate of drug-likeness (QED) is 0.192. The summed E-state index contributed by atoms with van der Waals surface area (Å²) in [6.45, 7) is 3.44. The molecular formula is C16H23ClIN5OS. The number of thioether (sulfide) groups is 1. The molecule has 0 unspecified atom stereocenters. The van der Waals surface area contributed by atoms with Crippen molar-refractivity contribution in [2.24, 2.45) is 4.99 Å². The van der Waals surface area contributed by atoms with Gasteiger partial charge >= 0.3 is 0 Å². The number of nitrogens with one attached hydrogen (secondary N) is 2. The van der Waals surface area contributed by atoms with Gasteiger partial charge in [0.05, 0.1) is 0 Å². The monoisotopic (exact) mass is 495 g/mol. The Kier molecular flexibility index (Phi) is 10.9. The van der Waals surface area contributed by atoms with Gasteiger partial charge in [-0.25, -0.2) is 0 Å². The van der Waals surface area contributed by atoms with Crippen LogP contribution in [0.4, 0.5) is 0 Å². The first-order valence-electron chi connectivity index (χ1n) is 7.79. The minimum Gasteiger partial charge on any atom is -0.356 e. The number of halogens is 2. The number of aryl methyl sites for hydroxylation is 2. The Bertz CT molecular complexity index is 650. The van der Waals surface area contributed by atoms with Crippen molar-refractivity contribution in [1.29, 1.82) is 0 Å². The van der Waals surface area contributed by atoms with Crippen molar-refractivity contribution in [3.05, 3.63) is 41.0 Å². The third-order valence-electron chi connectivity index (χ3n) is 3.13. The van der Waals surface area contributed by atoms with Crippen LogP contribution in [0.2, 0.25) is 5.02 Å². The van der Waals surface area contributed by atoms with Crippen molar-refractivity contribution < 1.29 is 4.52 Å². The molecule has 0 fully saturated rings. The lowest BCUT2D eigenvalue weighted by Crippen LogP contribution is -2.38. The summed E-state index contributed by atoms with van der Waals surface area (Å²) >= 11 is 7.65. The lowest BCUT2D eigenvalue weighted by Gasteiger charge is -2.11. The first kappa shape index (κ1) is 22.0. The molecule has 0 radical (unpaired) electrons. The van der Waals surface area contributed by atoms with Crippen LogP contribution < -0.4 is 10.6 Å². The molecule has 2 rings (SSSR count). The molecule has 0 atom stereocenters. The van der Waals surface area contributed by atoms with Gasteiger partial charge in [-0.15, -0.1) is 35.7 Å². The Morgan fingerprint density at radius 1 is 1.24 bits per heavy atom. The average molecular weight is 496 g/mol. The molecule has 2 N–H and O–H groups in total. The summed E-state index contributed by atoms with van der Waals surface area (Å²) < 4.78 is 5.08. The number of aromatic nitrogens is 2. The molecule has 1 aromatic heterocycles. The van der Waals surface area contributed by atoms with Crippen LogP contribution in [0.25, 0.3) is 0 Å². The number of nitrogens with zero attached hydrogens (tertiary/aromatic N) is 3. The van der Waals surface area contributed by atoms with Gasteiger partial charge in [0, 0.05) is 42.2 Å². The molecule has 0 amide bonds. The summed E-state index contributed by atoms with van der Waals surface area (Å²) in [5, 5.41) is 11.1. The maximum absolute atomic E-state index is 5.88. The first-order chi connectivity index (χ1) is 11.7. The smallest absolute Gasteiger partial charge is 0.226 e. The van der Waals surface area contributed by atoms with Crippen molar-refractivity contribution in [3.8, 4) is 0 Å². The zero-order chi connectivity index (χ0) is 17.2. The maximum Gasteiger partial charge on any atom is 0.226 e. The van der Waals surface area contributed by atoms with Crippen molar-refractivity contribution in [3.63, 3.8) is 0 Å². The number of aliphatic imine (C=N–C) groups is 1. The minimum atomic E-state index is 0. The van der Waals surface area contributed by atoms with E-state index < -0.39 is 0 Å². The van der Waals surface area contributed by atoms with Gasteiger partial charge in [-0.1, -0.05) is 16.8 Å². The van der Waals surface area contributed by atoms with Crippen LogP contribution in [-0.4, -0.2) is 42.0 Å². The van der Waals surface area contributed by atoms with Crippen LogP contribution in [0.3, 0.4) is 0 Å². The molecule has 0 bridgehead atoms. The van der Waals surface area contributed by atoms with E-state index in [2.05, 4.69) is 25.8 Å². The van der Waals surface area contributed by atoms with E-state index in [0.717, 1.165) is 42.7 Å². The second kappa shape index (κ2) is 12.4. The molecule has 0 aliphatic heterocycles. The highest BCUT2D eigenvalue weighted by Crippen LogP contribution is 2.19. The van der Waals surface area contributed by atoms with Gasteiger partial charge in [0.1, 0.15) is 0 Å². The molecule has 0 aliphatic rings. The topological polar surface area (TPSA) is 75.3 Å². The number of benzene rings is 1. The van der Waals surface area contributed by atoms with Gasteiger partial charge < -0.3 is 15.2 Å². The SMILES string of the molecule is CN=C(NCCCc1nc(C)no1)NCCSc1ccc(Cl)cc1.I. The van der Waals surface area contributed by atoms with Crippen LogP contribution in [0.1, 0.15) is 18.1 Å². The summed E-state index contributed by atoms with van der Waals surface area (Å²) in [6.07, 6.45) is 1.67. The normalized spacial score (nSPS) is 11.1. The summed E-state index contributed by atoms with van der Waals surface area (Å²) in [5.74, 6) is 3.10. The van der Waals surface area contributed by atoms with Crippen molar-refractivity contribution in [2.45, 2.75) is 24.7 Å². The Labute approximate surface area is 174 Å². The molecule has 2 aromatic rings. The van der Waals surface area contributed by atoms with Gasteiger partial charge in [0.25, 0.3) is 0 Å². The largest absolute Gasteiger partial charge is 0.356 e. The van der Waals surface area contributed by atoms with Gasteiger partial charge in [-0.3, -0.25) is 4.99 Å². The van der Waals surface area contributed by atoms with Crippen LogP contribution in [0.5, 0.6) is 0 Å². The minimum absolute atomic E-state index is 0. The second-order valence-corrected chi connectivity index (χ2v) is 6.67. The molecule has 25 heavy (non-hydrogen) atoms. The van der Waals surface area contributed by atoms with E-state index in [-0.39, 0.29) is 24.0 Å². The molecule has 0 spiro atoms. The summed E-state index contributed by atoms with van der Waals surface area (Å²) in [4.78, 5) is 9.60. The van der Waals surface area contributed by atoms with E-state index in [4.69, 9.17) is 16.1 Å². The zero-order valence-corrected chi connectivity index (χ0v) is 18.2. The molecule has 0 saturated heterocycles. The number of hydrogen-bond donors (Lipinski definition) is 2. The van der Waals surface area contributed by atoms with E-state index in [1.165, 1.54) is 4.90 Å². The Morgan fingerprint density at radius 2 is 1.96 bits per heavy atom. The fraction of sp³-hybridized carbons (Fsp3) is 0.438. The van der Waals surface area contributed by atoms with Gasteiger partial charge in [-0.2, -0.15) is 4.98 Å². The van der Waals surface area contributed by atoms with Crippen LogP contribution in [0.15, 0.2) is 38.7 Å². The van der Waals surface area contributed by atoms with Crippen LogP contribution in [-0.2, 0) is 6.42 Å². The Morgan fingerprint density at radius 3 is 2.60 bits per heavy atom. The maximum atomic E-state index is 5.88. The molecule has 1 heterocycles. The van der Waals surface area contributed by atoms with E-state index >= 15 is 0 Å². The van der Waals surface area contributed by atoms with Crippen LogP contribution >= 0.6 is 47.3 Å². The molecule has 9 heteroatoms. The van der Waals surface area contributed by atoms with E-state index in [0.29, 0.717) is 11.7 Å². The summed E-state index contributed by atoms with van der Waals surface area (Å²) in [5.41, 5.74) is 0. The molecular weight excluding hydrogens is 473 g/mol. The van der Waals surface area contributed by atoms with Gasteiger partial charge in [0.15, 0.2) is 11.8 Å². The number of guanidine groups is 1. The highest BCUT2D eigenvalue weighted by Gasteiger charge is 2.03. The molecule has 138 valence electrons. The Hall–Kier alpha value is -1.000. The molecule has 6 nitrogen and oxygen atoms in total. The standard InChI is InChI=1S/C16H22ClN5OS.HI/c1-12-21-15(23-22-12)4-3-9-19-16(18-2)20-10-11-24-14-7-5-13(17)6-8-14;/h5-8H,3-4,9-11H2,1-2H3,(H2,18,19,20);1H. The third-order valence-corrected chi connectivity index (χ3v) is 4.40. The molecule has 0 aliphatic carbocycles. The summed E-state index contributed by atoms with van der Waals surface area (Å²) in [6, 6.07) is 7.87. The van der Waals surface area contributed by atoms with E-state index in [1.807, 2.05) is 31.2 Å². The van der Waals surface area contributed by atoms with E-state index in [1.54, 1.807) is 18.8 Å². The van der Waals surface area contributed by atoms with Gasteiger partial charge in [-0.05, 0) is 37.6 Å². The number of rotatable bonds is 8. The lowest BCUT2D eigenvalue weighted by atomic mass is 10.3. The zero-order valence-electron chi connectivity index (χ0n) is 14.3. The predicted octanol–water partition coefficient (Wildman–Crippen LogP) is 3.54. The van der Waals surface area contributed by atoms with Crippen LogP contribution in [0, 0.1) is 6.92 Å². The van der Waals surface area contributed by atoms with E-state index in [9.17, 15) is 0 Å². The van der Waals surface area contributed by atoms with Crippen molar-refractivity contribution in [2.75, 3.05) is 25.9 Å². The highest BCUT2D eigenvalue weighted by atomic mass is 127. The fourth-order valence-corrected chi connectivity index (χ4v) is 2.87. The highest BCUT2D eigenvalue weighted by molar-refractivity contribution is 14.0. The second-order valence-electron chi connectivity index (χ2n) is 5.07.